The third-order valence-electron chi connectivity index (χ3n) is 3.04. The van der Waals surface area contributed by atoms with Gasteiger partial charge in [-0.25, -0.2) is 4.68 Å². The van der Waals surface area contributed by atoms with Crippen LogP contribution in [0, 0.1) is 0 Å². The van der Waals surface area contributed by atoms with Crippen molar-refractivity contribution in [2.75, 3.05) is 5.73 Å². The molecule has 0 radical (unpaired) electrons. The van der Waals surface area contributed by atoms with Crippen molar-refractivity contribution >= 4 is 17.3 Å². The highest BCUT2D eigenvalue weighted by Gasteiger charge is 2.15. The number of tetrazole rings is 1. The smallest absolute Gasteiger partial charge is 0.182 e. The van der Waals surface area contributed by atoms with Gasteiger partial charge in [0.25, 0.3) is 0 Å². The average Bonchev–Trinajstić information content (AvgIpc) is 2.83. The number of anilines is 1. The van der Waals surface area contributed by atoms with Gasteiger partial charge >= 0.3 is 0 Å². The minimum absolute atomic E-state index is 0.298. The molecular formula is C12H16ClN5. The minimum Gasteiger partial charge on any atom is -0.398 e. The fourth-order valence-corrected chi connectivity index (χ4v) is 2.06. The number of aromatic nitrogens is 4. The third-order valence-corrected chi connectivity index (χ3v) is 3.38. The quantitative estimate of drug-likeness (QED) is 0.863. The Morgan fingerprint density at radius 1 is 1.33 bits per heavy atom. The zero-order valence-corrected chi connectivity index (χ0v) is 11.2. The van der Waals surface area contributed by atoms with Gasteiger partial charge in [0.1, 0.15) is 0 Å². The first-order valence-electron chi connectivity index (χ1n) is 6.00. The summed E-state index contributed by atoms with van der Waals surface area (Å²) >= 11 is 5.92. The monoisotopic (exact) mass is 265 g/mol. The molecule has 0 saturated carbocycles. The van der Waals surface area contributed by atoms with Crippen molar-refractivity contribution < 1.29 is 0 Å². The van der Waals surface area contributed by atoms with E-state index in [-0.39, 0.29) is 0 Å². The molecule has 1 aromatic carbocycles. The highest BCUT2D eigenvalue weighted by molar-refractivity contribution is 6.33. The van der Waals surface area contributed by atoms with Crippen LogP contribution in [0.3, 0.4) is 0 Å². The van der Waals surface area contributed by atoms with E-state index in [0.717, 1.165) is 24.2 Å². The Morgan fingerprint density at radius 2 is 2.06 bits per heavy atom. The van der Waals surface area contributed by atoms with Crippen LogP contribution in [0.4, 0.5) is 5.69 Å². The minimum atomic E-state index is 0.298. The summed E-state index contributed by atoms with van der Waals surface area (Å²) in [7, 11) is 0. The van der Waals surface area contributed by atoms with Crippen molar-refractivity contribution in [3.05, 3.63) is 23.2 Å². The van der Waals surface area contributed by atoms with E-state index in [4.69, 9.17) is 17.3 Å². The van der Waals surface area contributed by atoms with E-state index in [1.807, 2.05) is 10.7 Å². The average molecular weight is 266 g/mol. The van der Waals surface area contributed by atoms with Crippen LogP contribution in [0.1, 0.15) is 32.7 Å². The summed E-state index contributed by atoms with van der Waals surface area (Å²) in [6.07, 6.45) is 1.97. The molecule has 0 bridgehead atoms. The summed E-state index contributed by atoms with van der Waals surface area (Å²) in [6, 6.07) is 5.74. The molecule has 0 aliphatic rings. The van der Waals surface area contributed by atoms with Crippen molar-refractivity contribution in [3.63, 3.8) is 0 Å². The standard InChI is InChI=1S/C12H16ClN5/c1-3-9(4-2)18-12(15-16-17-18)8-5-6-10(13)11(14)7-8/h5-7,9H,3-4,14H2,1-2H3. The molecule has 0 aliphatic heterocycles. The molecule has 18 heavy (non-hydrogen) atoms. The number of halogens is 1. The SMILES string of the molecule is CCC(CC)n1nnnc1-c1ccc(Cl)c(N)c1. The number of rotatable bonds is 4. The van der Waals surface area contributed by atoms with E-state index in [1.165, 1.54) is 0 Å². The predicted octanol–water partition coefficient (Wildman–Crippen LogP) is 2.94. The van der Waals surface area contributed by atoms with Crippen LogP contribution in [0.15, 0.2) is 18.2 Å². The first-order valence-corrected chi connectivity index (χ1v) is 6.38. The van der Waals surface area contributed by atoms with Crippen LogP contribution in [0.2, 0.25) is 5.02 Å². The van der Waals surface area contributed by atoms with Crippen molar-refractivity contribution in [1.29, 1.82) is 0 Å². The first kappa shape index (κ1) is 12.8. The number of nitrogen functional groups attached to an aromatic ring is 1. The van der Waals surface area contributed by atoms with Crippen LogP contribution >= 0.6 is 11.6 Å². The molecule has 0 atom stereocenters. The van der Waals surface area contributed by atoms with Gasteiger partial charge in [0.2, 0.25) is 0 Å². The lowest BCUT2D eigenvalue weighted by molar-refractivity contribution is 0.422. The van der Waals surface area contributed by atoms with E-state index in [1.54, 1.807) is 12.1 Å². The molecule has 0 fully saturated rings. The molecular weight excluding hydrogens is 250 g/mol. The lowest BCUT2D eigenvalue weighted by Gasteiger charge is -2.14. The Hall–Kier alpha value is -1.62. The summed E-state index contributed by atoms with van der Waals surface area (Å²) in [5.74, 6) is 0.729. The van der Waals surface area contributed by atoms with Gasteiger partial charge in [-0.3, -0.25) is 0 Å². The molecule has 2 aromatic rings. The molecule has 96 valence electrons. The maximum absolute atomic E-state index is 5.92. The van der Waals surface area contributed by atoms with Crippen LogP contribution in [0.5, 0.6) is 0 Å². The summed E-state index contributed by atoms with van der Waals surface area (Å²) < 4.78 is 1.85. The van der Waals surface area contributed by atoms with Crippen molar-refractivity contribution in [1.82, 2.24) is 20.2 Å². The second-order valence-corrected chi connectivity index (χ2v) is 4.56. The lowest BCUT2D eigenvalue weighted by atomic mass is 10.1. The van der Waals surface area contributed by atoms with Gasteiger partial charge in [0.15, 0.2) is 5.82 Å². The van der Waals surface area contributed by atoms with Gasteiger partial charge in [-0.2, -0.15) is 0 Å². The Kier molecular flexibility index (Phi) is 3.81. The molecule has 6 heteroatoms. The van der Waals surface area contributed by atoms with Crippen LogP contribution in [0.25, 0.3) is 11.4 Å². The second-order valence-electron chi connectivity index (χ2n) is 4.15. The zero-order valence-electron chi connectivity index (χ0n) is 10.5. The summed E-state index contributed by atoms with van der Waals surface area (Å²) in [6.45, 7) is 4.24. The van der Waals surface area contributed by atoms with Crippen LogP contribution in [-0.4, -0.2) is 20.2 Å². The number of hydrogen-bond acceptors (Lipinski definition) is 4. The lowest BCUT2D eigenvalue weighted by Crippen LogP contribution is -2.10. The number of nitrogens with zero attached hydrogens (tertiary/aromatic N) is 4. The number of hydrogen-bond donors (Lipinski definition) is 1. The molecule has 1 aromatic heterocycles. The van der Waals surface area contributed by atoms with Gasteiger partial charge in [0.05, 0.1) is 16.8 Å². The van der Waals surface area contributed by atoms with E-state index >= 15 is 0 Å². The topological polar surface area (TPSA) is 69.6 Å². The fourth-order valence-electron chi connectivity index (χ4n) is 1.95. The van der Waals surface area contributed by atoms with Crippen molar-refractivity contribution in [2.24, 2.45) is 0 Å². The maximum atomic E-state index is 5.92. The molecule has 1 heterocycles. The molecule has 0 aliphatic carbocycles. The Morgan fingerprint density at radius 3 is 2.67 bits per heavy atom. The predicted molar refractivity (Wildman–Crippen MR) is 72.3 cm³/mol. The van der Waals surface area contributed by atoms with E-state index in [2.05, 4.69) is 29.4 Å². The largest absolute Gasteiger partial charge is 0.398 e. The van der Waals surface area contributed by atoms with Gasteiger partial charge in [0, 0.05) is 5.56 Å². The molecule has 5 nitrogen and oxygen atoms in total. The Labute approximate surface area is 111 Å². The maximum Gasteiger partial charge on any atom is 0.182 e. The molecule has 0 amide bonds. The van der Waals surface area contributed by atoms with Gasteiger partial charge in [-0.1, -0.05) is 25.4 Å². The molecule has 2 N–H and O–H groups in total. The summed E-state index contributed by atoms with van der Waals surface area (Å²) in [5.41, 5.74) is 7.23. The molecule has 0 saturated heterocycles. The van der Waals surface area contributed by atoms with Crippen LogP contribution in [-0.2, 0) is 0 Å². The third kappa shape index (κ3) is 2.31. The Balaban J connectivity index is 2.45. The molecule has 0 unspecified atom stereocenters. The second kappa shape index (κ2) is 5.35. The highest BCUT2D eigenvalue weighted by Crippen LogP contribution is 2.27. The van der Waals surface area contributed by atoms with E-state index < -0.39 is 0 Å². The molecule has 2 rings (SSSR count). The summed E-state index contributed by atoms with van der Waals surface area (Å²) in [5, 5.41) is 12.4. The Bertz CT molecular complexity index is 533. The van der Waals surface area contributed by atoms with E-state index in [9.17, 15) is 0 Å². The molecule has 0 spiro atoms. The summed E-state index contributed by atoms with van der Waals surface area (Å²) in [4.78, 5) is 0. The first-order chi connectivity index (χ1) is 8.67. The van der Waals surface area contributed by atoms with Crippen molar-refractivity contribution in [3.8, 4) is 11.4 Å². The fraction of sp³-hybridized carbons (Fsp3) is 0.417. The number of benzene rings is 1. The van der Waals surface area contributed by atoms with Gasteiger partial charge < -0.3 is 5.73 Å². The van der Waals surface area contributed by atoms with Gasteiger partial charge in [-0.15, -0.1) is 5.10 Å². The van der Waals surface area contributed by atoms with Crippen molar-refractivity contribution in [2.45, 2.75) is 32.7 Å². The number of nitrogens with two attached hydrogens (primary N) is 1. The van der Waals surface area contributed by atoms with Gasteiger partial charge in [-0.05, 0) is 41.5 Å². The highest BCUT2D eigenvalue weighted by atomic mass is 35.5. The van der Waals surface area contributed by atoms with E-state index in [0.29, 0.717) is 16.8 Å². The van der Waals surface area contributed by atoms with Crippen LogP contribution < -0.4 is 5.73 Å². The normalized spacial score (nSPS) is 11.1. The zero-order chi connectivity index (χ0) is 13.1.